The van der Waals surface area contributed by atoms with Crippen molar-refractivity contribution >= 4 is 11.7 Å². The number of amides is 2. The molecule has 1 fully saturated rings. The highest BCUT2D eigenvalue weighted by molar-refractivity contribution is 5.91. The Labute approximate surface area is 152 Å². The van der Waals surface area contributed by atoms with Gasteiger partial charge in [0.25, 0.3) is 0 Å². The number of β-amino-alcohol motifs (C(OH)–C–C–N with tert-alkyl or cyclic N) is 1. The van der Waals surface area contributed by atoms with Crippen LogP contribution in [0.25, 0.3) is 0 Å². The van der Waals surface area contributed by atoms with E-state index < -0.39 is 6.10 Å². The molecule has 26 heavy (non-hydrogen) atoms. The largest absolute Gasteiger partial charge is 0.454 e. The lowest BCUT2D eigenvalue weighted by atomic mass is 10.2. The zero-order chi connectivity index (χ0) is 18.5. The van der Waals surface area contributed by atoms with Crippen molar-refractivity contribution in [1.29, 1.82) is 0 Å². The number of para-hydroxylation sites is 2. The number of benzene rings is 1. The number of aliphatic hydroxyl groups is 1. The molecule has 2 atom stereocenters. The molecule has 1 aliphatic heterocycles. The highest BCUT2D eigenvalue weighted by Gasteiger charge is 2.35. The van der Waals surface area contributed by atoms with Gasteiger partial charge in [0.1, 0.15) is 11.9 Å². The Bertz CT molecular complexity index is 739. The fourth-order valence-electron chi connectivity index (χ4n) is 2.79. The molecule has 1 saturated heterocycles. The van der Waals surface area contributed by atoms with Gasteiger partial charge in [-0.2, -0.15) is 0 Å². The van der Waals surface area contributed by atoms with Gasteiger partial charge >= 0.3 is 6.03 Å². The van der Waals surface area contributed by atoms with Gasteiger partial charge in [-0.15, -0.1) is 0 Å². The summed E-state index contributed by atoms with van der Waals surface area (Å²) in [6.07, 6.45) is 2.19. The van der Waals surface area contributed by atoms with Crippen LogP contribution in [0.1, 0.15) is 13.8 Å². The lowest BCUT2D eigenvalue weighted by Crippen LogP contribution is -2.34. The fourth-order valence-corrected chi connectivity index (χ4v) is 2.79. The average Bonchev–Trinajstić information content (AvgIpc) is 2.98. The van der Waals surface area contributed by atoms with Crippen molar-refractivity contribution in [2.24, 2.45) is 0 Å². The highest BCUT2D eigenvalue weighted by atomic mass is 16.5. The Morgan fingerprint density at radius 2 is 2.08 bits per heavy atom. The van der Waals surface area contributed by atoms with Gasteiger partial charge < -0.3 is 24.8 Å². The number of pyridine rings is 1. The smallest absolute Gasteiger partial charge is 0.322 e. The molecule has 2 aromatic rings. The number of nitrogens with one attached hydrogen (secondary N) is 1. The minimum absolute atomic E-state index is 0.00808. The van der Waals surface area contributed by atoms with E-state index in [0.717, 1.165) is 0 Å². The molecule has 1 aromatic carbocycles. The summed E-state index contributed by atoms with van der Waals surface area (Å²) in [6.45, 7) is 4.38. The van der Waals surface area contributed by atoms with Gasteiger partial charge in [-0.3, -0.25) is 4.98 Å². The Kier molecular flexibility index (Phi) is 5.70. The van der Waals surface area contributed by atoms with Crippen LogP contribution in [0.2, 0.25) is 0 Å². The second-order valence-corrected chi connectivity index (χ2v) is 6.41. The first-order valence-electron chi connectivity index (χ1n) is 8.59. The number of nitrogens with zero attached hydrogens (tertiary/aromatic N) is 2. The minimum atomic E-state index is -0.690. The van der Waals surface area contributed by atoms with Crippen molar-refractivity contribution in [2.45, 2.75) is 32.2 Å². The van der Waals surface area contributed by atoms with Crippen LogP contribution < -0.4 is 10.1 Å². The van der Waals surface area contributed by atoms with Crippen molar-refractivity contribution in [1.82, 2.24) is 9.88 Å². The Hall–Kier alpha value is -2.64. The molecule has 1 aliphatic rings. The van der Waals surface area contributed by atoms with Crippen LogP contribution in [0.4, 0.5) is 10.5 Å². The van der Waals surface area contributed by atoms with Gasteiger partial charge in [-0.1, -0.05) is 12.1 Å². The monoisotopic (exact) mass is 357 g/mol. The summed E-state index contributed by atoms with van der Waals surface area (Å²) >= 11 is 0. The second kappa shape index (κ2) is 8.16. The van der Waals surface area contributed by atoms with Crippen LogP contribution >= 0.6 is 0 Å². The third-order valence-electron chi connectivity index (χ3n) is 3.96. The lowest BCUT2D eigenvalue weighted by molar-refractivity contribution is -0.0393. The Morgan fingerprint density at radius 1 is 1.27 bits per heavy atom. The van der Waals surface area contributed by atoms with Crippen molar-refractivity contribution in [3.05, 3.63) is 48.8 Å². The van der Waals surface area contributed by atoms with Crippen molar-refractivity contribution in [2.75, 3.05) is 18.4 Å². The molecule has 138 valence electrons. The summed E-state index contributed by atoms with van der Waals surface area (Å²) in [5.74, 6) is 1.10. The predicted octanol–water partition coefficient (Wildman–Crippen LogP) is 2.88. The van der Waals surface area contributed by atoms with Gasteiger partial charge in [-0.25, -0.2) is 4.79 Å². The average molecular weight is 357 g/mol. The number of hydrogen-bond donors (Lipinski definition) is 2. The number of anilines is 1. The Balaban J connectivity index is 1.67. The molecule has 7 nitrogen and oxygen atoms in total. The molecule has 0 unspecified atom stereocenters. The van der Waals surface area contributed by atoms with Gasteiger partial charge in [0, 0.05) is 6.20 Å². The molecule has 2 amide bonds. The van der Waals surface area contributed by atoms with E-state index in [1.807, 2.05) is 26.0 Å². The fraction of sp³-hybridized carbons (Fsp3) is 0.368. The molecule has 3 rings (SSSR count). The first-order valence-corrected chi connectivity index (χ1v) is 8.59. The zero-order valence-electron chi connectivity index (χ0n) is 14.8. The van der Waals surface area contributed by atoms with E-state index in [-0.39, 0.29) is 24.8 Å². The third kappa shape index (κ3) is 4.50. The molecular formula is C19H23N3O4. The first-order chi connectivity index (χ1) is 12.5. The van der Waals surface area contributed by atoms with E-state index in [2.05, 4.69) is 10.3 Å². The molecule has 7 heteroatoms. The van der Waals surface area contributed by atoms with Crippen molar-refractivity contribution in [3.63, 3.8) is 0 Å². The van der Waals surface area contributed by atoms with Crippen LogP contribution in [0.15, 0.2) is 48.8 Å². The predicted molar refractivity (Wildman–Crippen MR) is 97.4 cm³/mol. The lowest BCUT2D eigenvalue weighted by Gasteiger charge is -2.19. The maximum atomic E-state index is 12.6. The van der Waals surface area contributed by atoms with Crippen LogP contribution in [-0.2, 0) is 4.74 Å². The number of ether oxygens (including phenoxy) is 2. The normalized spacial score (nSPS) is 19.6. The number of aliphatic hydroxyl groups excluding tert-OH is 1. The number of carbonyl (C=O) groups is 1. The molecule has 1 aromatic heterocycles. The molecular weight excluding hydrogens is 334 g/mol. The highest BCUT2D eigenvalue weighted by Crippen LogP contribution is 2.29. The molecule has 2 heterocycles. The Morgan fingerprint density at radius 3 is 2.81 bits per heavy atom. The summed E-state index contributed by atoms with van der Waals surface area (Å²) in [4.78, 5) is 18.1. The topological polar surface area (TPSA) is 83.9 Å². The summed E-state index contributed by atoms with van der Waals surface area (Å²) in [5.41, 5.74) is 0.545. The number of urea groups is 1. The molecule has 0 radical (unpaired) electrons. The van der Waals surface area contributed by atoms with Crippen LogP contribution in [0.5, 0.6) is 11.5 Å². The van der Waals surface area contributed by atoms with Crippen molar-refractivity contribution in [3.8, 4) is 11.5 Å². The van der Waals surface area contributed by atoms with Crippen LogP contribution in [-0.4, -0.2) is 52.4 Å². The van der Waals surface area contributed by atoms with E-state index >= 15 is 0 Å². The van der Waals surface area contributed by atoms with Gasteiger partial charge in [0.2, 0.25) is 0 Å². The number of rotatable bonds is 5. The summed E-state index contributed by atoms with van der Waals surface area (Å²) in [5, 5.41) is 12.9. The maximum Gasteiger partial charge on any atom is 0.322 e. The van der Waals surface area contributed by atoms with Gasteiger partial charge in [0.05, 0.1) is 37.2 Å². The SMILES string of the molecule is CC(C)O[C@H]1CN(C(=O)Nc2ccccc2Oc2cccnc2)C[C@@H]1O. The molecule has 0 aliphatic carbocycles. The molecule has 2 N–H and O–H groups in total. The van der Waals surface area contributed by atoms with E-state index in [1.54, 1.807) is 41.6 Å². The van der Waals surface area contributed by atoms with Crippen molar-refractivity contribution < 1.29 is 19.4 Å². The van der Waals surface area contributed by atoms with Crippen LogP contribution in [0, 0.1) is 0 Å². The summed E-state index contributed by atoms with van der Waals surface area (Å²) in [6, 6.07) is 10.4. The maximum absolute atomic E-state index is 12.6. The number of hydrogen-bond acceptors (Lipinski definition) is 5. The van der Waals surface area contributed by atoms with E-state index in [1.165, 1.54) is 0 Å². The van der Waals surface area contributed by atoms with Gasteiger partial charge in [-0.05, 0) is 38.1 Å². The summed E-state index contributed by atoms with van der Waals surface area (Å²) in [7, 11) is 0. The number of aromatic nitrogens is 1. The molecule has 0 saturated carbocycles. The zero-order valence-corrected chi connectivity index (χ0v) is 14.8. The van der Waals surface area contributed by atoms with E-state index in [4.69, 9.17) is 9.47 Å². The number of carbonyl (C=O) groups excluding carboxylic acids is 1. The molecule has 0 bridgehead atoms. The van der Waals surface area contributed by atoms with Crippen LogP contribution in [0.3, 0.4) is 0 Å². The van der Waals surface area contributed by atoms with E-state index in [0.29, 0.717) is 23.7 Å². The van der Waals surface area contributed by atoms with E-state index in [9.17, 15) is 9.90 Å². The van der Waals surface area contributed by atoms with Gasteiger partial charge in [0.15, 0.2) is 5.75 Å². The number of likely N-dealkylation sites (tertiary alicyclic amines) is 1. The third-order valence-corrected chi connectivity index (χ3v) is 3.96. The minimum Gasteiger partial charge on any atom is -0.454 e. The molecule has 0 spiro atoms. The first kappa shape index (κ1) is 18.2. The second-order valence-electron chi connectivity index (χ2n) is 6.41. The quantitative estimate of drug-likeness (QED) is 0.860. The standard InChI is InChI=1S/C19H23N3O4/c1-13(2)25-18-12-22(11-16(18)23)19(24)21-15-7-3-4-8-17(15)26-14-6-5-9-20-10-14/h3-10,13,16,18,23H,11-12H2,1-2H3,(H,21,24)/t16-,18-/m0/s1. The summed E-state index contributed by atoms with van der Waals surface area (Å²) < 4.78 is 11.5.